The molecule has 1 aromatic rings. The van der Waals surface area contributed by atoms with Crippen LogP contribution in [0.1, 0.15) is 23.3 Å². The average molecular weight is 225 g/mol. The van der Waals surface area contributed by atoms with Crippen LogP contribution < -0.4 is 5.32 Å². The molecule has 2 aliphatic heterocycles. The number of rotatable bonds is 0. The van der Waals surface area contributed by atoms with E-state index in [-0.39, 0.29) is 0 Å². The third-order valence-corrected chi connectivity index (χ3v) is 5.71. The minimum atomic E-state index is 0.352. The summed E-state index contributed by atoms with van der Waals surface area (Å²) in [7, 11) is 0. The van der Waals surface area contributed by atoms with Crippen LogP contribution in [0.25, 0.3) is 0 Å². The summed E-state index contributed by atoms with van der Waals surface area (Å²) in [6.07, 6.45) is 3.94. The number of nitrogens with one attached hydrogen (secondary N) is 1. The number of hydrogen-bond donors (Lipinski definition) is 1. The van der Waals surface area contributed by atoms with Gasteiger partial charge in [0.05, 0.1) is 5.54 Å². The van der Waals surface area contributed by atoms with Crippen molar-refractivity contribution in [1.29, 1.82) is 0 Å². The monoisotopic (exact) mass is 225 g/mol. The Kier molecular flexibility index (Phi) is 2.34. The Morgan fingerprint density at radius 1 is 1.43 bits per heavy atom. The van der Waals surface area contributed by atoms with Gasteiger partial charge in [-0.15, -0.1) is 11.3 Å². The van der Waals surface area contributed by atoms with Crippen molar-refractivity contribution in [2.75, 3.05) is 18.1 Å². The van der Waals surface area contributed by atoms with Gasteiger partial charge in [0.15, 0.2) is 0 Å². The third-order valence-electron chi connectivity index (χ3n) is 3.28. The van der Waals surface area contributed by atoms with E-state index in [9.17, 15) is 0 Å². The van der Waals surface area contributed by atoms with Crippen LogP contribution in [0.15, 0.2) is 11.4 Å². The van der Waals surface area contributed by atoms with Gasteiger partial charge in [-0.25, -0.2) is 0 Å². The summed E-state index contributed by atoms with van der Waals surface area (Å²) < 4.78 is 0. The van der Waals surface area contributed by atoms with Crippen molar-refractivity contribution in [3.8, 4) is 0 Å². The molecule has 0 saturated carbocycles. The molecule has 0 aliphatic carbocycles. The van der Waals surface area contributed by atoms with Gasteiger partial charge in [-0.2, -0.15) is 11.8 Å². The summed E-state index contributed by atoms with van der Waals surface area (Å²) in [5, 5.41) is 6.03. The second-order valence-electron chi connectivity index (χ2n) is 4.19. The molecule has 1 unspecified atom stereocenters. The van der Waals surface area contributed by atoms with Gasteiger partial charge in [-0.05, 0) is 42.0 Å². The predicted octanol–water partition coefficient (Wildman–Crippen LogP) is 2.62. The summed E-state index contributed by atoms with van der Waals surface area (Å²) in [5.74, 6) is 2.63. The highest BCUT2D eigenvalue weighted by Gasteiger charge is 2.38. The van der Waals surface area contributed by atoms with Gasteiger partial charge >= 0.3 is 0 Å². The average Bonchev–Trinajstić information content (AvgIpc) is 2.69. The van der Waals surface area contributed by atoms with E-state index in [0.29, 0.717) is 5.54 Å². The zero-order valence-corrected chi connectivity index (χ0v) is 9.85. The first-order valence-corrected chi connectivity index (χ1v) is 7.34. The van der Waals surface area contributed by atoms with Crippen LogP contribution in [0.3, 0.4) is 0 Å². The molecule has 1 fully saturated rings. The molecule has 3 heterocycles. The van der Waals surface area contributed by atoms with E-state index >= 15 is 0 Å². The summed E-state index contributed by atoms with van der Waals surface area (Å²) >= 11 is 4.07. The van der Waals surface area contributed by atoms with E-state index < -0.39 is 0 Å². The van der Waals surface area contributed by atoms with Crippen LogP contribution in [-0.2, 0) is 12.0 Å². The van der Waals surface area contributed by atoms with Crippen molar-refractivity contribution in [1.82, 2.24) is 5.32 Å². The molecule has 76 valence electrons. The lowest BCUT2D eigenvalue weighted by Gasteiger charge is -2.41. The van der Waals surface area contributed by atoms with Crippen LogP contribution in [0, 0.1) is 0 Å². The SMILES string of the molecule is c1cc2c(s1)C1(CCCSC1)NCC2. The molecular weight excluding hydrogens is 210 g/mol. The zero-order chi connectivity index (χ0) is 9.43. The minimum Gasteiger partial charge on any atom is -0.306 e. The maximum absolute atomic E-state index is 3.77. The molecule has 3 heteroatoms. The molecule has 1 spiro atoms. The van der Waals surface area contributed by atoms with Gasteiger partial charge in [-0.1, -0.05) is 0 Å². The lowest BCUT2D eigenvalue weighted by molar-refractivity contribution is 0.329. The topological polar surface area (TPSA) is 12.0 Å². The molecule has 3 rings (SSSR count). The Labute approximate surface area is 93.3 Å². The molecule has 14 heavy (non-hydrogen) atoms. The molecule has 0 aromatic carbocycles. The predicted molar refractivity (Wildman–Crippen MR) is 64.3 cm³/mol. The number of hydrogen-bond acceptors (Lipinski definition) is 3. The maximum atomic E-state index is 3.77. The number of thioether (sulfide) groups is 1. The fourth-order valence-electron chi connectivity index (χ4n) is 2.58. The molecule has 1 saturated heterocycles. The highest BCUT2D eigenvalue weighted by Crippen LogP contribution is 2.41. The Hall–Kier alpha value is 0.01000. The van der Waals surface area contributed by atoms with E-state index in [1.807, 2.05) is 11.3 Å². The molecule has 0 amide bonds. The van der Waals surface area contributed by atoms with Gasteiger partial charge in [0.25, 0.3) is 0 Å². The molecule has 1 atom stereocenters. The Bertz CT molecular complexity index is 326. The second-order valence-corrected chi connectivity index (χ2v) is 6.21. The van der Waals surface area contributed by atoms with Crippen molar-refractivity contribution >= 4 is 23.1 Å². The normalized spacial score (nSPS) is 31.7. The van der Waals surface area contributed by atoms with Crippen LogP contribution >= 0.6 is 23.1 Å². The van der Waals surface area contributed by atoms with Crippen molar-refractivity contribution in [3.63, 3.8) is 0 Å². The summed E-state index contributed by atoms with van der Waals surface area (Å²) in [6, 6.07) is 2.32. The first-order chi connectivity index (χ1) is 6.91. The first-order valence-electron chi connectivity index (χ1n) is 5.30. The molecule has 1 aromatic heterocycles. The maximum Gasteiger partial charge on any atom is 0.0623 e. The van der Waals surface area contributed by atoms with Crippen LogP contribution in [0.4, 0.5) is 0 Å². The largest absolute Gasteiger partial charge is 0.306 e. The standard InChI is InChI=1S/C11H15NS2/c1-4-11(8-13-6-1)10-9(2-5-12-11)3-7-14-10/h3,7,12H,1-2,4-6,8H2. The Morgan fingerprint density at radius 2 is 2.43 bits per heavy atom. The molecule has 0 bridgehead atoms. The van der Waals surface area contributed by atoms with Gasteiger partial charge < -0.3 is 5.32 Å². The fraction of sp³-hybridized carbons (Fsp3) is 0.636. The van der Waals surface area contributed by atoms with Crippen molar-refractivity contribution in [3.05, 3.63) is 21.9 Å². The van der Waals surface area contributed by atoms with E-state index in [0.717, 1.165) is 0 Å². The molecular formula is C11H15NS2. The highest BCUT2D eigenvalue weighted by atomic mass is 32.2. The van der Waals surface area contributed by atoms with Crippen LogP contribution in [-0.4, -0.2) is 18.1 Å². The number of fused-ring (bicyclic) bond motifs is 2. The van der Waals surface area contributed by atoms with E-state index in [1.54, 1.807) is 10.4 Å². The summed E-state index contributed by atoms with van der Waals surface area (Å²) in [6.45, 7) is 1.17. The van der Waals surface area contributed by atoms with Crippen LogP contribution in [0.2, 0.25) is 0 Å². The Balaban J connectivity index is 2.01. The van der Waals surface area contributed by atoms with Gasteiger partial charge in [0.2, 0.25) is 0 Å². The lowest BCUT2D eigenvalue weighted by atomic mass is 9.87. The lowest BCUT2D eigenvalue weighted by Crippen LogP contribution is -2.49. The highest BCUT2D eigenvalue weighted by molar-refractivity contribution is 7.99. The van der Waals surface area contributed by atoms with E-state index in [2.05, 4.69) is 28.5 Å². The minimum absolute atomic E-state index is 0.352. The second kappa shape index (κ2) is 3.54. The van der Waals surface area contributed by atoms with Gasteiger partial charge in [-0.3, -0.25) is 0 Å². The van der Waals surface area contributed by atoms with Crippen molar-refractivity contribution in [2.24, 2.45) is 0 Å². The quantitative estimate of drug-likeness (QED) is 0.728. The third kappa shape index (κ3) is 1.34. The zero-order valence-electron chi connectivity index (χ0n) is 8.21. The molecule has 2 aliphatic rings. The van der Waals surface area contributed by atoms with Crippen molar-refractivity contribution in [2.45, 2.75) is 24.8 Å². The number of thiophene rings is 1. The Morgan fingerprint density at radius 3 is 3.29 bits per heavy atom. The van der Waals surface area contributed by atoms with Gasteiger partial charge in [0.1, 0.15) is 0 Å². The fourth-order valence-corrected chi connectivity index (χ4v) is 5.07. The van der Waals surface area contributed by atoms with Crippen LogP contribution in [0.5, 0.6) is 0 Å². The molecule has 1 nitrogen and oxygen atoms in total. The van der Waals surface area contributed by atoms with Crippen molar-refractivity contribution < 1.29 is 0 Å². The summed E-state index contributed by atoms with van der Waals surface area (Å²) in [5.41, 5.74) is 1.96. The van der Waals surface area contributed by atoms with E-state index in [4.69, 9.17) is 0 Å². The molecule has 0 radical (unpaired) electrons. The first kappa shape index (κ1) is 9.25. The summed E-state index contributed by atoms with van der Waals surface area (Å²) in [4.78, 5) is 1.64. The smallest absolute Gasteiger partial charge is 0.0623 e. The molecule has 1 N–H and O–H groups in total. The van der Waals surface area contributed by atoms with E-state index in [1.165, 1.54) is 37.3 Å². The van der Waals surface area contributed by atoms with Gasteiger partial charge in [0, 0.05) is 17.2 Å².